The summed E-state index contributed by atoms with van der Waals surface area (Å²) >= 11 is 9.52. The van der Waals surface area contributed by atoms with Crippen molar-refractivity contribution < 1.29 is 33.8 Å². The summed E-state index contributed by atoms with van der Waals surface area (Å²) in [4.78, 5) is 66.8. The molecule has 4 atom stereocenters. The largest absolute Gasteiger partial charge is 0.391 e. The molecule has 4 amide bonds. The molecule has 3 aromatic heterocycles. The fraction of sp³-hybridized carbons (Fsp3) is 0.500. The molecule has 7 rings (SSSR count). The number of β-amino-alcohol motifs (C(OH)–C–C–N with tert-alkyl or cyclic N) is 1. The highest BCUT2D eigenvalue weighted by Crippen LogP contribution is 2.40. The van der Waals surface area contributed by atoms with Gasteiger partial charge in [0.15, 0.2) is 5.82 Å². The van der Waals surface area contributed by atoms with Crippen molar-refractivity contribution in [1.29, 1.82) is 0 Å². The Labute approximate surface area is 429 Å². The normalized spacial score (nSPS) is 17.0. The first kappa shape index (κ1) is 53.4. The van der Waals surface area contributed by atoms with E-state index >= 15 is 0 Å². The van der Waals surface area contributed by atoms with Gasteiger partial charge in [-0.15, -0.1) is 32.9 Å². The first-order valence-corrected chi connectivity index (χ1v) is 26.4. The number of amides is 4. The zero-order valence-electron chi connectivity index (χ0n) is 41.7. The van der Waals surface area contributed by atoms with Gasteiger partial charge in [-0.05, 0) is 94.0 Å². The average Bonchev–Trinajstić information content (AvgIpc) is 4.11. The van der Waals surface area contributed by atoms with Crippen LogP contribution in [0.4, 0.5) is 0 Å². The molecular weight excluding hydrogens is 962 g/mol. The van der Waals surface area contributed by atoms with Crippen LogP contribution in [0.15, 0.2) is 59.0 Å². The standard InChI is InChI=1S/C52H66ClN9O7S2/c1-31-33(3)71-51-44(31)45(36-16-18-38(53)19-17-36)57-40(48-60-59-34(4)62(48)51)20-21-42(64)54-22-9-8-10-23-68-24-11-25-69-29-43(65)58-47(52(5,6)7)50(67)61-28-39(63)26-41(61)49(66)55-27-35-12-14-37(15-13-35)46-32(2)56-30-70-46/h12-19,30,39-41,47,63H,8-11,20-29H2,1-7H3,(H,54,64)(H,55,66)(H,58,65)/t39-,40+,41+,47?/m1/s1. The van der Waals surface area contributed by atoms with Crippen molar-refractivity contribution in [3.63, 3.8) is 0 Å². The van der Waals surface area contributed by atoms with Gasteiger partial charge in [0.1, 0.15) is 35.6 Å². The molecule has 71 heavy (non-hydrogen) atoms. The van der Waals surface area contributed by atoms with Crippen molar-refractivity contribution in [3.8, 4) is 15.4 Å². The summed E-state index contributed by atoms with van der Waals surface area (Å²) in [6, 6.07) is 13.4. The Bertz CT molecular complexity index is 2680. The molecular formula is C52H66ClN9O7S2. The molecule has 16 nitrogen and oxygen atoms in total. The van der Waals surface area contributed by atoms with Crippen LogP contribution >= 0.6 is 34.3 Å². The fourth-order valence-corrected chi connectivity index (χ4v) is 10.9. The van der Waals surface area contributed by atoms with Gasteiger partial charge in [-0.2, -0.15) is 0 Å². The van der Waals surface area contributed by atoms with Gasteiger partial charge < -0.3 is 35.4 Å². The summed E-state index contributed by atoms with van der Waals surface area (Å²) in [5.41, 5.74) is 8.08. The smallest absolute Gasteiger partial charge is 0.246 e. The van der Waals surface area contributed by atoms with Gasteiger partial charge in [0.05, 0.1) is 27.9 Å². The van der Waals surface area contributed by atoms with E-state index in [0.717, 1.165) is 80.0 Å². The molecule has 5 heterocycles. The van der Waals surface area contributed by atoms with Crippen molar-refractivity contribution in [2.45, 2.75) is 124 Å². The third kappa shape index (κ3) is 13.6. The fourth-order valence-electron chi connectivity index (χ4n) is 8.79. The van der Waals surface area contributed by atoms with Gasteiger partial charge in [0.25, 0.3) is 0 Å². The monoisotopic (exact) mass is 1030 g/mol. The molecule has 4 N–H and O–H groups in total. The van der Waals surface area contributed by atoms with E-state index in [2.05, 4.69) is 49.5 Å². The number of benzene rings is 2. The topological polar surface area (TPSA) is 202 Å². The summed E-state index contributed by atoms with van der Waals surface area (Å²) in [6.45, 7) is 15.6. The molecule has 0 spiro atoms. The highest BCUT2D eigenvalue weighted by Gasteiger charge is 2.44. The van der Waals surface area contributed by atoms with Gasteiger partial charge in [-0.25, -0.2) is 4.98 Å². The molecule has 2 aliphatic rings. The predicted molar refractivity (Wildman–Crippen MR) is 277 cm³/mol. The molecule has 0 aliphatic carbocycles. The average molecular weight is 1030 g/mol. The van der Waals surface area contributed by atoms with Crippen LogP contribution in [0.1, 0.15) is 116 Å². The number of hydrogen-bond donors (Lipinski definition) is 4. The molecule has 1 unspecified atom stereocenters. The minimum atomic E-state index is -0.952. The van der Waals surface area contributed by atoms with E-state index in [1.807, 2.05) is 88.7 Å². The Balaban J connectivity index is 0.767. The van der Waals surface area contributed by atoms with Crippen LogP contribution in [-0.2, 0) is 35.2 Å². The van der Waals surface area contributed by atoms with E-state index in [0.29, 0.717) is 50.7 Å². The van der Waals surface area contributed by atoms with Crippen molar-refractivity contribution in [2.75, 3.05) is 39.5 Å². The van der Waals surface area contributed by atoms with Crippen molar-refractivity contribution in [3.05, 3.63) is 104 Å². The number of carbonyl (C=O) groups excluding carboxylic acids is 4. The number of rotatable bonds is 22. The van der Waals surface area contributed by atoms with Crippen LogP contribution in [0.2, 0.25) is 5.02 Å². The van der Waals surface area contributed by atoms with Crippen LogP contribution < -0.4 is 16.0 Å². The number of unbranched alkanes of at least 4 members (excludes halogenated alkanes) is 2. The number of thiophene rings is 1. The van der Waals surface area contributed by atoms with Crippen LogP contribution in [0.3, 0.4) is 0 Å². The van der Waals surface area contributed by atoms with Crippen LogP contribution in [-0.4, -0.2) is 117 Å². The lowest BCUT2D eigenvalue weighted by atomic mass is 9.85. The van der Waals surface area contributed by atoms with Crippen molar-refractivity contribution in [2.24, 2.45) is 10.4 Å². The predicted octanol–water partition coefficient (Wildman–Crippen LogP) is 7.53. The van der Waals surface area contributed by atoms with Gasteiger partial charge in [-0.3, -0.25) is 28.7 Å². The molecule has 2 aliphatic heterocycles. The van der Waals surface area contributed by atoms with Gasteiger partial charge >= 0.3 is 0 Å². The first-order chi connectivity index (χ1) is 34.0. The second-order valence-corrected chi connectivity index (χ2v) is 21.8. The summed E-state index contributed by atoms with van der Waals surface area (Å²) in [6.07, 6.45) is 3.12. The quantitative estimate of drug-likeness (QED) is 0.0502. The Hall–Kier alpha value is -5.37. The van der Waals surface area contributed by atoms with Crippen molar-refractivity contribution >= 4 is 63.6 Å². The summed E-state index contributed by atoms with van der Waals surface area (Å²) in [5, 5.41) is 30.0. The number of hydrogen-bond acceptors (Lipinski definition) is 13. The zero-order valence-corrected chi connectivity index (χ0v) is 44.1. The molecule has 0 saturated carbocycles. The highest BCUT2D eigenvalue weighted by atomic mass is 35.5. The highest BCUT2D eigenvalue weighted by molar-refractivity contribution is 7.15. The molecule has 1 saturated heterocycles. The number of likely N-dealkylation sites (tertiary alicyclic amines) is 1. The number of aryl methyl sites for hydroxylation is 3. The molecule has 1 fully saturated rings. The number of aliphatic imine (C=N–C) groups is 1. The molecule has 380 valence electrons. The van der Waals surface area contributed by atoms with Crippen LogP contribution in [0.5, 0.6) is 0 Å². The van der Waals surface area contributed by atoms with E-state index in [-0.39, 0.29) is 44.0 Å². The third-order valence-electron chi connectivity index (χ3n) is 12.8. The summed E-state index contributed by atoms with van der Waals surface area (Å²) in [5.74, 6) is 0.220. The number of carbonyl (C=O) groups is 4. The van der Waals surface area contributed by atoms with Crippen LogP contribution in [0.25, 0.3) is 15.4 Å². The Kier molecular flexibility index (Phi) is 18.3. The number of aromatic nitrogens is 4. The molecule has 5 aromatic rings. The Morgan fingerprint density at radius 2 is 1.61 bits per heavy atom. The first-order valence-electron chi connectivity index (χ1n) is 24.3. The van der Waals surface area contributed by atoms with E-state index in [1.54, 1.807) is 22.7 Å². The molecule has 0 bridgehead atoms. The number of nitrogens with one attached hydrogen (secondary N) is 3. The van der Waals surface area contributed by atoms with E-state index in [4.69, 9.17) is 26.1 Å². The van der Waals surface area contributed by atoms with E-state index in [9.17, 15) is 24.3 Å². The lowest BCUT2D eigenvalue weighted by Gasteiger charge is -2.35. The minimum absolute atomic E-state index is 0.00998. The maximum Gasteiger partial charge on any atom is 0.246 e. The summed E-state index contributed by atoms with van der Waals surface area (Å²) in [7, 11) is 0. The second kappa shape index (κ2) is 24.4. The SMILES string of the molecule is Cc1ncsc1-c1ccc(CNC(=O)[C@@H]2C[C@@H](O)CN2C(=O)C(NC(=O)COCCCOCCCCCNC(=O)CC[C@@H]2N=C(c3ccc(Cl)cc3)c3c(sc(C)c3C)-n3c(C)nnc32)C(C)(C)C)cc1. The maximum atomic E-state index is 14.0. The second-order valence-electron chi connectivity index (χ2n) is 19.3. The third-order valence-corrected chi connectivity index (χ3v) is 15.2. The number of nitrogens with zero attached hydrogens (tertiary/aromatic N) is 6. The Morgan fingerprint density at radius 1 is 0.887 bits per heavy atom. The van der Waals surface area contributed by atoms with Crippen LogP contribution in [0, 0.1) is 33.1 Å². The minimum Gasteiger partial charge on any atom is -0.391 e. The maximum absolute atomic E-state index is 14.0. The van der Waals surface area contributed by atoms with E-state index < -0.39 is 35.4 Å². The number of halogens is 1. The van der Waals surface area contributed by atoms with Gasteiger partial charge in [0, 0.05) is 73.3 Å². The number of fused-ring (bicyclic) bond motifs is 3. The van der Waals surface area contributed by atoms with Gasteiger partial charge in [-0.1, -0.05) is 68.8 Å². The van der Waals surface area contributed by atoms with E-state index in [1.165, 1.54) is 9.78 Å². The number of aliphatic hydroxyl groups excluding tert-OH is 1. The number of ether oxygens (including phenoxy) is 2. The van der Waals surface area contributed by atoms with Gasteiger partial charge in [0.2, 0.25) is 23.6 Å². The lowest BCUT2D eigenvalue weighted by Crippen LogP contribution is -2.58. The Morgan fingerprint density at radius 3 is 2.32 bits per heavy atom. The molecule has 2 aromatic carbocycles. The van der Waals surface area contributed by atoms with Crippen molar-refractivity contribution in [1.82, 2.24) is 40.6 Å². The summed E-state index contributed by atoms with van der Waals surface area (Å²) < 4.78 is 13.5. The number of thiazole rings is 1. The lowest BCUT2D eigenvalue weighted by molar-refractivity contribution is -0.144. The molecule has 19 heteroatoms. The molecule has 0 radical (unpaired) electrons. The number of aliphatic hydroxyl groups is 1. The zero-order chi connectivity index (χ0) is 50.8.